The number of hydrogen-bond donors (Lipinski definition) is 3. The number of pyridine rings is 1. The van der Waals surface area contributed by atoms with Crippen LogP contribution in [0.4, 0.5) is 5.69 Å². The fraction of sp³-hybridized carbons (Fsp3) is 0.250. The molecule has 3 N–H and O–H groups in total. The highest BCUT2D eigenvalue weighted by Gasteiger charge is 2.45. The van der Waals surface area contributed by atoms with Crippen molar-refractivity contribution in [3.8, 4) is 0 Å². The van der Waals surface area contributed by atoms with Gasteiger partial charge in [0.15, 0.2) is 0 Å². The van der Waals surface area contributed by atoms with Crippen molar-refractivity contribution in [3.05, 3.63) is 94.8 Å². The topological polar surface area (TPSA) is 69.3 Å². The van der Waals surface area contributed by atoms with Crippen molar-refractivity contribution in [2.45, 2.75) is 24.5 Å². The van der Waals surface area contributed by atoms with Gasteiger partial charge < -0.3 is 10.6 Å². The highest BCUT2D eigenvalue weighted by molar-refractivity contribution is 5.98. The lowest BCUT2D eigenvalue weighted by Crippen LogP contribution is -2.51. The number of carbonyl (C=O) groups excluding carboxylic acids is 1. The minimum absolute atomic E-state index is 0.0171. The van der Waals surface area contributed by atoms with Gasteiger partial charge in [-0.15, -0.1) is 0 Å². The summed E-state index contributed by atoms with van der Waals surface area (Å²) in [7, 11) is 3.91. The molecule has 0 saturated heterocycles. The maximum absolute atomic E-state index is 12.6. The lowest BCUT2D eigenvalue weighted by atomic mass is 9.73. The van der Waals surface area contributed by atoms with E-state index in [2.05, 4.69) is 63.5 Å². The second-order valence-corrected chi connectivity index (χ2v) is 7.96. The zero-order chi connectivity index (χ0) is 20.7. The van der Waals surface area contributed by atoms with Crippen LogP contribution in [0.25, 0.3) is 0 Å². The molecule has 2 aromatic carbocycles. The van der Waals surface area contributed by atoms with Crippen molar-refractivity contribution in [2.24, 2.45) is 0 Å². The van der Waals surface area contributed by atoms with E-state index in [4.69, 9.17) is 0 Å². The molecule has 3 unspecified atom stereocenters. The van der Waals surface area contributed by atoms with E-state index < -0.39 is 0 Å². The molecule has 0 fully saturated rings. The summed E-state index contributed by atoms with van der Waals surface area (Å²) in [5.41, 5.74) is 9.53. The van der Waals surface area contributed by atoms with Gasteiger partial charge in [0.25, 0.3) is 5.91 Å². The number of likely N-dealkylation sites (N-methyl/N-ethyl adjacent to an activating group) is 1. The minimum atomic E-state index is -0.0575. The lowest BCUT2D eigenvalue weighted by Gasteiger charge is -2.47. The predicted molar refractivity (Wildman–Crippen MR) is 117 cm³/mol. The monoisotopic (exact) mass is 399 g/mol. The summed E-state index contributed by atoms with van der Waals surface area (Å²) >= 11 is 0. The molecule has 3 aromatic rings. The van der Waals surface area contributed by atoms with Crippen molar-refractivity contribution in [2.75, 3.05) is 19.4 Å². The Kier molecular flexibility index (Phi) is 4.73. The van der Waals surface area contributed by atoms with Crippen LogP contribution in [-0.4, -0.2) is 30.0 Å². The quantitative estimate of drug-likeness (QED) is 0.628. The average molecular weight is 399 g/mol. The number of benzene rings is 2. The molecule has 2 aliphatic heterocycles. The van der Waals surface area contributed by atoms with E-state index >= 15 is 0 Å². The zero-order valence-electron chi connectivity index (χ0n) is 17.1. The van der Waals surface area contributed by atoms with Crippen molar-refractivity contribution in [1.82, 2.24) is 20.7 Å². The number of anilines is 1. The Morgan fingerprint density at radius 2 is 1.80 bits per heavy atom. The van der Waals surface area contributed by atoms with Gasteiger partial charge in [0.2, 0.25) is 0 Å². The van der Waals surface area contributed by atoms with Crippen molar-refractivity contribution < 1.29 is 4.79 Å². The van der Waals surface area contributed by atoms with Crippen LogP contribution in [0.2, 0.25) is 0 Å². The zero-order valence-corrected chi connectivity index (χ0v) is 17.1. The Morgan fingerprint density at radius 3 is 2.53 bits per heavy atom. The number of carbonyl (C=O) groups is 1. The van der Waals surface area contributed by atoms with E-state index in [-0.39, 0.29) is 23.9 Å². The van der Waals surface area contributed by atoms with Gasteiger partial charge in [0, 0.05) is 48.7 Å². The molecule has 3 atom stereocenters. The van der Waals surface area contributed by atoms with Gasteiger partial charge in [-0.05, 0) is 48.0 Å². The second kappa shape index (κ2) is 7.55. The van der Waals surface area contributed by atoms with E-state index in [9.17, 15) is 4.79 Å². The third-order valence-corrected chi connectivity index (χ3v) is 6.16. The van der Waals surface area contributed by atoms with E-state index in [1.807, 2.05) is 43.6 Å². The van der Waals surface area contributed by atoms with E-state index in [1.165, 1.54) is 16.7 Å². The SMILES string of the molecule is CNCc1ccc(C2C(c3ccncc3)Nc3cccc4c3C2N(C)NC4=O)cc1. The maximum atomic E-state index is 12.6. The van der Waals surface area contributed by atoms with Crippen molar-refractivity contribution >= 4 is 11.6 Å². The molecular formula is C24H25N5O. The molecule has 1 aromatic heterocycles. The van der Waals surface area contributed by atoms with Crippen LogP contribution in [0.5, 0.6) is 0 Å². The van der Waals surface area contributed by atoms with E-state index in [0.29, 0.717) is 0 Å². The van der Waals surface area contributed by atoms with Gasteiger partial charge in [-0.25, -0.2) is 5.01 Å². The Morgan fingerprint density at radius 1 is 1.03 bits per heavy atom. The highest BCUT2D eigenvalue weighted by Crippen LogP contribution is 2.52. The average Bonchev–Trinajstić information content (AvgIpc) is 2.78. The molecule has 6 nitrogen and oxygen atoms in total. The molecule has 0 saturated carbocycles. The maximum Gasteiger partial charge on any atom is 0.266 e. The van der Waals surface area contributed by atoms with E-state index in [0.717, 1.165) is 23.4 Å². The predicted octanol–water partition coefficient (Wildman–Crippen LogP) is 3.38. The molecule has 152 valence electrons. The van der Waals surface area contributed by atoms with Gasteiger partial charge >= 0.3 is 0 Å². The second-order valence-electron chi connectivity index (χ2n) is 7.96. The summed E-state index contributed by atoms with van der Waals surface area (Å²) in [5, 5.41) is 8.91. The summed E-state index contributed by atoms with van der Waals surface area (Å²) in [6, 6.07) is 18.9. The van der Waals surface area contributed by atoms with Crippen LogP contribution >= 0.6 is 0 Å². The summed E-state index contributed by atoms with van der Waals surface area (Å²) in [6.07, 6.45) is 3.67. The van der Waals surface area contributed by atoms with Crippen LogP contribution in [0.1, 0.15) is 50.6 Å². The number of rotatable bonds is 4. The van der Waals surface area contributed by atoms with Gasteiger partial charge in [-0.2, -0.15) is 0 Å². The molecule has 6 heteroatoms. The third-order valence-electron chi connectivity index (χ3n) is 6.16. The molecule has 1 amide bonds. The summed E-state index contributed by atoms with van der Waals surface area (Å²) in [6.45, 7) is 0.837. The standard InChI is InChI=1S/C24H25N5O/c1-25-14-15-6-8-16(9-7-15)20-22(17-10-12-26-13-11-17)27-19-5-3-4-18-21(19)23(20)29(2)28-24(18)30/h3-13,20,22-23,25,27H,14H2,1-2H3,(H,28,30). The Bertz CT molecular complexity index is 1070. The van der Waals surface area contributed by atoms with Gasteiger partial charge in [0.05, 0.1) is 12.1 Å². The van der Waals surface area contributed by atoms with Gasteiger partial charge in [-0.1, -0.05) is 30.3 Å². The molecule has 0 spiro atoms. The van der Waals surface area contributed by atoms with E-state index in [1.54, 1.807) is 0 Å². The minimum Gasteiger partial charge on any atom is -0.377 e. The first-order valence-corrected chi connectivity index (χ1v) is 10.2. The normalized spacial score (nSPS) is 22.7. The number of amides is 1. The first kappa shape index (κ1) is 18.8. The van der Waals surface area contributed by atoms with Crippen LogP contribution in [0.3, 0.4) is 0 Å². The van der Waals surface area contributed by atoms with Crippen LogP contribution in [-0.2, 0) is 6.54 Å². The third kappa shape index (κ3) is 3.05. The van der Waals surface area contributed by atoms with Crippen LogP contribution < -0.4 is 16.1 Å². The number of aromatic nitrogens is 1. The van der Waals surface area contributed by atoms with Crippen molar-refractivity contribution in [3.63, 3.8) is 0 Å². The number of nitrogens with zero attached hydrogens (tertiary/aromatic N) is 2. The molecule has 2 aliphatic rings. The van der Waals surface area contributed by atoms with Gasteiger partial charge in [-0.3, -0.25) is 15.2 Å². The number of hydrogen-bond acceptors (Lipinski definition) is 5. The fourth-order valence-corrected chi connectivity index (χ4v) is 4.85. The molecule has 3 heterocycles. The van der Waals surface area contributed by atoms with Gasteiger partial charge in [0.1, 0.15) is 0 Å². The fourth-order valence-electron chi connectivity index (χ4n) is 4.85. The molecule has 0 bridgehead atoms. The molecule has 0 radical (unpaired) electrons. The molecule has 5 rings (SSSR count). The number of nitrogens with one attached hydrogen (secondary N) is 3. The first-order chi connectivity index (χ1) is 14.7. The summed E-state index contributed by atoms with van der Waals surface area (Å²) < 4.78 is 0. The Hall–Kier alpha value is -3.22. The molecule has 30 heavy (non-hydrogen) atoms. The largest absolute Gasteiger partial charge is 0.377 e. The van der Waals surface area contributed by atoms with Crippen LogP contribution in [0.15, 0.2) is 67.0 Å². The van der Waals surface area contributed by atoms with Crippen molar-refractivity contribution in [1.29, 1.82) is 0 Å². The summed E-state index contributed by atoms with van der Waals surface area (Å²) in [5.74, 6) is 0.0492. The highest BCUT2D eigenvalue weighted by atomic mass is 16.2. The summed E-state index contributed by atoms with van der Waals surface area (Å²) in [4.78, 5) is 16.9. The first-order valence-electron chi connectivity index (χ1n) is 10.2. The van der Waals surface area contributed by atoms with Crippen LogP contribution in [0, 0.1) is 0 Å². The Labute approximate surface area is 176 Å². The smallest absolute Gasteiger partial charge is 0.266 e. The number of hydrazine groups is 1. The Balaban J connectivity index is 1.68. The molecule has 0 aliphatic carbocycles. The lowest BCUT2D eigenvalue weighted by molar-refractivity contribution is 0.0641. The molecular weight excluding hydrogens is 374 g/mol.